The molecule has 136 valence electrons. The number of benzene rings is 2. The monoisotopic (exact) mass is 362 g/mol. The van der Waals surface area contributed by atoms with Gasteiger partial charge < -0.3 is 9.42 Å². The van der Waals surface area contributed by atoms with Gasteiger partial charge in [0, 0.05) is 18.3 Å². The van der Waals surface area contributed by atoms with Crippen LogP contribution in [-0.4, -0.2) is 17.6 Å². The van der Waals surface area contributed by atoms with Crippen molar-refractivity contribution < 1.29 is 13.7 Å². The number of hydrogen-bond acceptors (Lipinski definition) is 3. The molecular formula is C22H19FN2O2. The Kier molecular flexibility index (Phi) is 3.64. The van der Waals surface area contributed by atoms with Gasteiger partial charge in [-0.1, -0.05) is 35.5 Å². The molecule has 2 aliphatic rings. The van der Waals surface area contributed by atoms with Crippen LogP contribution < -0.4 is 4.90 Å². The van der Waals surface area contributed by atoms with Gasteiger partial charge in [-0.25, -0.2) is 4.39 Å². The lowest BCUT2D eigenvalue weighted by molar-refractivity contribution is -0.121. The van der Waals surface area contributed by atoms with Gasteiger partial charge in [0.1, 0.15) is 5.82 Å². The maximum Gasteiger partial charge on any atom is 0.239 e. The van der Waals surface area contributed by atoms with E-state index in [-0.39, 0.29) is 11.7 Å². The van der Waals surface area contributed by atoms with Crippen molar-refractivity contribution in [2.45, 2.75) is 31.1 Å². The third-order valence-electron chi connectivity index (χ3n) is 5.65. The average molecular weight is 362 g/mol. The first-order chi connectivity index (χ1) is 13.2. The van der Waals surface area contributed by atoms with Crippen LogP contribution in [0.4, 0.5) is 10.1 Å². The van der Waals surface area contributed by atoms with Crippen LogP contribution in [0.5, 0.6) is 0 Å². The van der Waals surface area contributed by atoms with Crippen molar-refractivity contribution in [3.05, 3.63) is 71.7 Å². The van der Waals surface area contributed by atoms with Gasteiger partial charge >= 0.3 is 0 Å². The second-order valence-electron chi connectivity index (χ2n) is 7.33. The average Bonchev–Trinajstić information content (AvgIpc) is 3.37. The minimum absolute atomic E-state index is 0.0723. The van der Waals surface area contributed by atoms with Crippen LogP contribution in [-0.2, 0) is 16.6 Å². The number of halogens is 1. The van der Waals surface area contributed by atoms with Gasteiger partial charge in [-0.15, -0.1) is 0 Å². The Morgan fingerprint density at radius 2 is 1.89 bits per heavy atom. The molecule has 0 N–H and O–H groups in total. The van der Waals surface area contributed by atoms with E-state index in [1.54, 1.807) is 24.3 Å². The quantitative estimate of drug-likeness (QED) is 0.690. The molecule has 2 heterocycles. The molecule has 1 aliphatic carbocycles. The van der Waals surface area contributed by atoms with Gasteiger partial charge in [0.25, 0.3) is 0 Å². The summed E-state index contributed by atoms with van der Waals surface area (Å²) in [5, 5.41) is 4.15. The molecule has 27 heavy (non-hydrogen) atoms. The van der Waals surface area contributed by atoms with E-state index in [9.17, 15) is 9.18 Å². The van der Waals surface area contributed by atoms with E-state index in [2.05, 4.69) is 11.2 Å². The highest BCUT2D eigenvalue weighted by molar-refractivity contribution is 6.03. The highest BCUT2D eigenvalue weighted by Crippen LogP contribution is 2.51. The second kappa shape index (κ2) is 6.05. The van der Waals surface area contributed by atoms with Crippen LogP contribution in [0.25, 0.3) is 11.3 Å². The van der Waals surface area contributed by atoms with Crippen LogP contribution in [0.2, 0.25) is 0 Å². The predicted octanol–water partition coefficient (Wildman–Crippen LogP) is 4.49. The minimum Gasteiger partial charge on any atom is -0.356 e. The molecule has 0 spiro atoms. The largest absolute Gasteiger partial charge is 0.356 e. The Labute approximate surface area is 156 Å². The fourth-order valence-electron chi connectivity index (χ4n) is 4.00. The van der Waals surface area contributed by atoms with Gasteiger partial charge in [-0.2, -0.15) is 0 Å². The van der Waals surface area contributed by atoms with Crippen LogP contribution in [0, 0.1) is 5.82 Å². The van der Waals surface area contributed by atoms with Crippen molar-refractivity contribution in [1.29, 1.82) is 0 Å². The summed E-state index contributed by atoms with van der Waals surface area (Å²) in [5.41, 5.74) is 2.53. The third-order valence-corrected chi connectivity index (χ3v) is 5.65. The number of para-hydroxylation sites is 1. The molecule has 4 nitrogen and oxygen atoms in total. The summed E-state index contributed by atoms with van der Waals surface area (Å²) in [6.07, 6.45) is 3.44. The van der Waals surface area contributed by atoms with E-state index >= 15 is 0 Å². The first-order valence-corrected chi connectivity index (χ1v) is 9.31. The molecule has 3 aromatic rings. The molecule has 1 amide bonds. The standard InChI is InChI=1S/C22H19FN2O2/c23-17-9-3-2-8-16(17)19-14-20(24-27-19)22(11-12-22)21(26)25-13-5-7-15-6-1-4-10-18(15)25/h1-4,6,8-10,14H,5,7,11-13H2. The van der Waals surface area contributed by atoms with Crippen molar-refractivity contribution in [1.82, 2.24) is 5.16 Å². The SMILES string of the molecule is O=C(N1CCCc2ccccc21)C1(c2cc(-c3ccccc3F)on2)CC1. The highest BCUT2D eigenvalue weighted by Gasteiger charge is 2.56. The fraction of sp³-hybridized carbons (Fsp3) is 0.273. The minimum atomic E-state index is -0.641. The van der Waals surface area contributed by atoms with E-state index < -0.39 is 5.41 Å². The molecule has 5 rings (SSSR count). The summed E-state index contributed by atoms with van der Waals surface area (Å²) in [4.78, 5) is 15.3. The summed E-state index contributed by atoms with van der Waals surface area (Å²) in [7, 11) is 0. The number of hydrogen-bond donors (Lipinski definition) is 0. The smallest absolute Gasteiger partial charge is 0.239 e. The molecular weight excluding hydrogens is 343 g/mol. The number of amides is 1. The predicted molar refractivity (Wildman–Crippen MR) is 99.9 cm³/mol. The summed E-state index contributed by atoms with van der Waals surface area (Å²) in [6.45, 7) is 0.718. The Balaban J connectivity index is 1.48. The van der Waals surface area contributed by atoms with Crippen LogP contribution in [0.3, 0.4) is 0 Å². The zero-order chi connectivity index (χ0) is 18.4. The molecule has 0 atom stereocenters. The molecule has 2 aromatic carbocycles. The van der Waals surface area contributed by atoms with Crippen LogP contribution in [0.15, 0.2) is 59.1 Å². The van der Waals surface area contributed by atoms with Crippen molar-refractivity contribution in [3.8, 4) is 11.3 Å². The maximum atomic E-state index is 14.0. The molecule has 1 fully saturated rings. The Hall–Kier alpha value is -2.95. The van der Waals surface area contributed by atoms with Crippen molar-refractivity contribution in [3.63, 3.8) is 0 Å². The Bertz CT molecular complexity index is 1020. The lowest BCUT2D eigenvalue weighted by Crippen LogP contribution is -2.42. The Morgan fingerprint density at radius 3 is 2.70 bits per heavy atom. The van der Waals surface area contributed by atoms with Gasteiger partial charge in [0.15, 0.2) is 5.76 Å². The molecule has 1 aromatic heterocycles. The number of anilines is 1. The van der Waals surface area contributed by atoms with Gasteiger partial charge in [0.2, 0.25) is 5.91 Å². The van der Waals surface area contributed by atoms with Gasteiger partial charge in [-0.3, -0.25) is 4.79 Å². The molecule has 0 bridgehead atoms. The summed E-state index contributed by atoms with van der Waals surface area (Å²) in [5.74, 6) is 0.0746. The lowest BCUT2D eigenvalue weighted by atomic mass is 9.95. The summed E-state index contributed by atoms with van der Waals surface area (Å²) in [6, 6.07) is 16.2. The molecule has 1 aliphatic heterocycles. The maximum absolute atomic E-state index is 14.0. The first kappa shape index (κ1) is 16.2. The molecule has 0 unspecified atom stereocenters. The summed E-state index contributed by atoms with van der Waals surface area (Å²) < 4.78 is 19.5. The van der Waals surface area contributed by atoms with Gasteiger partial charge in [0.05, 0.1) is 16.7 Å². The van der Waals surface area contributed by atoms with E-state index in [1.165, 1.54) is 11.6 Å². The van der Waals surface area contributed by atoms with Crippen molar-refractivity contribution in [2.75, 3.05) is 11.4 Å². The number of rotatable bonds is 3. The number of aryl methyl sites for hydroxylation is 1. The zero-order valence-electron chi connectivity index (χ0n) is 14.8. The number of carbonyl (C=O) groups excluding carboxylic acids is 1. The van der Waals surface area contributed by atoms with E-state index in [0.29, 0.717) is 17.0 Å². The Morgan fingerprint density at radius 1 is 1.11 bits per heavy atom. The number of carbonyl (C=O) groups is 1. The normalized spacial score (nSPS) is 17.4. The molecule has 5 heteroatoms. The van der Waals surface area contributed by atoms with E-state index in [4.69, 9.17) is 4.52 Å². The zero-order valence-corrected chi connectivity index (χ0v) is 14.8. The molecule has 1 saturated carbocycles. The lowest BCUT2D eigenvalue weighted by Gasteiger charge is -2.32. The highest BCUT2D eigenvalue weighted by atomic mass is 19.1. The molecule has 0 radical (unpaired) electrons. The van der Waals surface area contributed by atoms with Crippen LogP contribution in [0.1, 0.15) is 30.5 Å². The van der Waals surface area contributed by atoms with Gasteiger partial charge in [-0.05, 0) is 49.4 Å². The fourth-order valence-corrected chi connectivity index (χ4v) is 4.00. The van der Waals surface area contributed by atoms with Crippen LogP contribution >= 0.6 is 0 Å². The summed E-state index contributed by atoms with van der Waals surface area (Å²) >= 11 is 0. The topological polar surface area (TPSA) is 46.3 Å². The van der Waals surface area contributed by atoms with Crippen molar-refractivity contribution in [2.24, 2.45) is 0 Å². The van der Waals surface area contributed by atoms with E-state index in [1.807, 2.05) is 23.1 Å². The first-order valence-electron chi connectivity index (χ1n) is 9.31. The second-order valence-corrected chi connectivity index (χ2v) is 7.33. The third kappa shape index (κ3) is 2.57. The molecule has 0 saturated heterocycles. The van der Waals surface area contributed by atoms with E-state index in [0.717, 1.165) is 37.9 Å². The van der Waals surface area contributed by atoms with Crippen molar-refractivity contribution >= 4 is 11.6 Å². The number of fused-ring (bicyclic) bond motifs is 1. The number of nitrogens with zero attached hydrogens (tertiary/aromatic N) is 2. The number of aromatic nitrogens is 1.